The van der Waals surface area contributed by atoms with Gasteiger partial charge in [0.2, 0.25) is 0 Å². The predicted octanol–water partition coefficient (Wildman–Crippen LogP) is 2.57. The van der Waals surface area contributed by atoms with Crippen molar-refractivity contribution < 1.29 is 14.7 Å². The van der Waals surface area contributed by atoms with Gasteiger partial charge in [-0.2, -0.15) is 5.26 Å². The molecule has 0 spiro atoms. The average Bonchev–Trinajstić information content (AvgIpc) is 2.46. The molecule has 112 valence electrons. The second-order valence-electron chi connectivity index (χ2n) is 5.23. The van der Waals surface area contributed by atoms with Gasteiger partial charge in [0.05, 0.1) is 17.6 Å². The van der Waals surface area contributed by atoms with E-state index in [1.165, 1.54) is 0 Å². The number of carbonyl (C=O) groups excluding carboxylic acids is 1. The first-order valence-electron chi connectivity index (χ1n) is 6.98. The standard InChI is InChI=1S/C16H20N2O3/c1-11(16(20)21)4-3-5-12(2)18-15(19)14-8-6-13(10-17)7-9-14/h6-9,11-12H,3-5H2,1-2H3,(H,18,19)(H,20,21). The van der Waals surface area contributed by atoms with Crippen molar-refractivity contribution in [2.24, 2.45) is 5.92 Å². The van der Waals surface area contributed by atoms with Crippen molar-refractivity contribution >= 4 is 11.9 Å². The molecule has 0 bridgehead atoms. The topological polar surface area (TPSA) is 90.2 Å². The Morgan fingerprint density at radius 1 is 1.24 bits per heavy atom. The van der Waals surface area contributed by atoms with Crippen molar-refractivity contribution in [2.75, 3.05) is 0 Å². The lowest BCUT2D eigenvalue weighted by Gasteiger charge is -2.14. The van der Waals surface area contributed by atoms with Crippen molar-refractivity contribution in [3.63, 3.8) is 0 Å². The Morgan fingerprint density at radius 3 is 2.38 bits per heavy atom. The predicted molar refractivity (Wildman–Crippen MR) is 78.7 cm³/mol. The fourth-order valence-corrected chi connectivity index (χ4v) is 1.93. The summed E-state index contributed by atoms with van der Waals surface area (Å²) in [4.78, 5) is 22.7. The Kier molecular flexibility index (Phi) is 6.41. The van der Waals surface area contributed by atoms with Crippen LogP contribution in [0.1, 0.15) is 49.0 Å². The summed E-state index contributed by atoms with van der Waals surface area (Å²) in [5.74, 6) is -1.33. The van der Waals surface area contributed by atoms with Gasteiger partial charge in [0, 0.05) is 11.6 Å². The molecule has 2 unspecified atom stereocenters. The number of aliphatic carboxylic acids is 1. The highest BCUT2D eigenvalue weighted by Gasteiger charge is 2.13. The molecule has 5 nitrogen and oxygen atoms in total. The first-order valence-corrected chi connectivity index (χ1v) is 6.98. The van der Waals surface area contributed by atoms with Crippen LogP contribution in [0.2, 0.25) is 0 Å². The molecule has 0 aromatic heterocycles. The zero-order valence-electron chi connectivity index (χ0n) is 12.3. The zero-order chi connectivity index (χ0) is 15.8. The maximum Gasteiger partial charge on any atom is 0.306 e. The molecule has 1 aromatic rings. The third kappa shape index (κ3) is 5.65. The summed E-state index contributed by atoms with van der Waals surface area (Å²) in [7, 11) is 0. The van der Waals surface area contributed by atoms with E-state index in [0.29, 0.717) is 17.5 Å². The van der Waals surface area contributed by atoms with E-state index in [-0.39, 0.29) is 17.9 Å². The van der Waals surface area contributed by atoms with Crippen molar-refractivity contribution in [1.82, 2.24) is 5.32 Å². The number of nitrogens with zero attached hydrogens (tertiary/aromatic N) is 1. The monoisotopic (exact) mass is 288 g/mol. The number of benzene rings is 1. The van der Waals surface area contributed by atoms with Crippen LogP contribution in [-0.4, -0.2) is 23.0 Å². The summed E-state index contributed by atoms with van der Waals surface area (Å²) in [5, 5.41) is 20.4. The summed E-state index contributed by atoms with van der Waals surface area (Å²) in [6.45, 7) is 3.58. The lowest BCUT2D eigenvalue weighted by Crippen LogP contribution is -2.32. The maximum atomic E-state index is 12.0. The van der Waals surface area contributed by atoms with Crippen molar-refractivity contribution in [1.29, 1.82) is 5.26 Å². The van der Waals surface area contributed by atoms with Gasteiger partial charge in [-0.1, -0.05) is 13.3 Å². The first kappa shape index (κ1) is 16.7. The summed E-state index contributed by atoms with van der Waals surface area (Å²) < 4.78 is 0. The number of hydrogen-bond acceptors (Lipinski definition) is 3. The van der Waals surface area contributed by atoms with Crippen LogP contribution < -0.4 is 5.32 Å². The lowest BCUT2D eigenvalue weighted by molar-refractivity contribution is -0.141. The minimum atomic E-state index is -0.788. The number of carbonyl (C=O) groups is 2. The average molecular weight is 288 g/mol. The van der Waals surface area contributed by atoms with Crippen LogP contribution in [0.5, 0.6) is 0 Å². The van der Waals surface area contributed by atoms with E-state index in [1.54, 1.807) is 31.2 Å². The van der Waals surface area contributed by atoms with E-state index in [4.69, 9.17) is 10.4 Å². The molecule has 2 N–H and O–H groups in total. The number of hydrogen-bond donors (Lipinski definition) is 2. The second-order valence-corrected chi connectivity index (χ2v) is 5.23. The SMILES string of the molecule is CC(CCCC(C)C(=O)O)NC(=O)c1ccc(C#N)cc1. The number of nitriles is 1. The van der Waals surface area contributed by atoms with E-state index >= 15 is 0 Å². The minimum absolute atomic E-state index is 0.0193. The third-order valence-corrected chi connectivity index (χ3v) is 3.35. The van der Waals surface area contributed by atoms with E-state index < -0.39 is 5.97 Å². The van der Waals surface area contributed by atoms with Gasteiger partial charge in [-0.15, -0.1) is 0 Å². The molecule has 0 radical (unpaired) electrons. The smallest absolute Gasteiger partial charge is 0.306 e. The van der Waals surface area contributed by atoms with Gasteiger partial charge in [0.15, 0.2) is 0 Å². The molecule has 0 saturated carbocycles. The van der Waals surface area contributed by atoms with Crippen LogP contribution in [0.15, 0.2) is 24.3 Å². The maximum absolute atomic E-state index is 12.0. The summed E-state index contributed by atoms with van der Waals surface area (Å²) in [6.07, 6.45) is 2.09. The van der Waals surface area contributed by atoms with E-state index in [1.807, 2.05) is 13.0 Å². The van der Waals surface area contributed by atoms with Crippen LogP contribution in [0, 0.1) is 17.2 Å². The van der Waals surface area contributed by atoms with Crippen molar-refractivity contribution in [3.8, 4) is 6.07 Å². The van der Waals surface area contributed by atoms with Crippen LogP contribution in [0.25, 0.3) is 0 Å². The van der Waals surface area contributed by atoms with Gasteiger partial charge in [0.25, 0.3) is 5.91 Å². The molecule has 0 aliphatic heterocycles. The highest BCUT2D eigenvalue weighted by molar-refractivity contribution is 5.94. The van der Waals surface area contributed by atoms with Crippen LogP contribution in [-0.2, 0) is 4.79 Å². The molecule has 5 heteroatoms. The third-order valence-electron chi connectivity index (χ3n) is 3.35. The molecule has 0 saturated heterocycles. The molecule has 0 heterocycles. The molecule has 2 atom stereocenters. The van der Waals surface area contributed by atoms with E-state index in [2.05, 4.69) is 5.32 Å². The summed E-state index contributed by atoms with van der Waals surface area (Å²) in [5.41, 5.74) is 1.03. The second kappa shape index (κ2) is 8.05. The quantitative estimate of drug-likeness (QED) is 0.806. The van der Waals surface area contributed by atoms with Gasteiger partial charge >= 0.3 is 5.97 Å². The van der Waals surface area contributed by atoms with Crippen molar-refractivity contribution in [2.45, 2.75) is 39.2 Å². The molecule has 1 aromatic carbocycles. The number of rotatable bonds is 7. The van der Waals surface area contributed by atoms with Gasteiger partial charge in [-0.05, 0) is 44.0 Å². The van der Waals surface area contributed by atoms with Crippen LogP contribution in [0.3, 0.4) is 0 Å². The lowest BCUT2D eigenvalue weighted by atomic mass is 10.0. The first-order chi connectivity index (χ1) is 9.93. The Bertz CT molecular complexity index is 531. The fourth-order valence-electron chi connectivity index (χ4n) is 1.93. The summed E-state index contributed by atoms with van der Waals surface area (Å²) >= 11 is 0. The van der Waals surface area contributed by atoms with E-state index in [9.17, 15) is 9.59 Å². The Morgan fingerprint density at radius 2 is 1.86 bits per heavy atom. The Hall–Kier alpha value is -2.35. The van der Waals surface area contributed by atoms with E-state index in [0.717, 1.165) is 12.8 Å². The molecular weight excluding hydrogens is 268 g/mol. The van der Waals surface area contributed by atoms with Crippen molar-refractivity contribution in [3.05, 3.63) is 35.4 Å². The minimum Gasteiger partial charge on any atom is -0.481 e. The molecule has 0 aliphatic rings. The van der Waals surface area contributed by atoms with Crippen LogP contribution in [0.4, 0.5) is 0 Å². The molecule has 0 aliphatic carbocycles. The Balaban J connectivity index is 2.39. The number of carboxylic acids is 1. The number of amides is 1. The molecule has 0 fully saturated rings. The normalized spacial score (nSPS) is 13.0. The molecular formula is C16H20N2O3. The van der Waals surface area contributed by atoms with Gasteiger partial charge in [-0.25, -0.2) is 0 Å². The highest BCUT2D eigenvalue weighted by atomic mass is 16.4. The highest BCUT2D eigenvalue weighted by Crippen LogP contribution is 2.10. The van der Waals surface area contributed by atoms with Gasteiger partial charge < -0.3 is 10.4 Å². The number of nitrogens with one attached hydrogen (secondary N) is 1. The molecule has 1 rings (SSSR count). The van der Waals surface area contributed by atoms with Crippen LogP contribution >= 0.6 is 0 Å². The summed E-state index contributed by atoms with van der Waals surface area (Å²) in [6, 6.07) is 8.43. The number of carboxylic acid groups (broad SMARTS) is 1. The zero-order valence-corrected chi connectivity index (χ0v) is 12.3. The van der Waals surface area contributed by atoms with Gasteiger partial charge in [-0.3, -0.25) is 9.59 Å². The fraction of sp³-hybridized carbons (Fsp3) is 0.438. The largest absolute Gasteiger partial charge is 0.481 e. The molecule has 21 heavy (non-hydrogen) atoms. The Labute approximate surface area is 124 Å². The molecule has 1 amide bonds. The van der Waals surface area contributed by atoms with Gasteiger partial charge in [0.1, 0.15) is 0 Å².